The van der Waals surface area contributed by atoms with E-state index in [1.807, 2.05) is 30.3 Å². The molecule has 2 aromatic carbocycles. The van der Waals surface area contributed by atoms with Gasteiger partial charge in [-0.2, -0.15) is 0 Å². The molecule has 0 aromatic heterocycles. The number of rotatable bonds is 2. The molecule has 1 unspecified atom stereocenters. The van der Waals surface area contributed by atoms with Gasteiger partial charge in [0.2, 0.25) is 0 Å². The summed E-state index contributed by atoms with van der Waals surface area (Å²) in [6, 6.07) is 14.2. The Morgan fingerprint density at radius 3 is 2.35 bits per heavy atom. The van der Waals surface area contributed by atoms with Crippen LogP contribution in [0.15, 0.2) is 47.5 Å². The molecule has 1 aliphatic heterocycles. The lowest BCUT2D eigenvalue weighted by Gasteiger charge is -2.22. The topological polar surface area (TPSA) is 32.6 Å². The largest absolute Gasteiger partial charge is 0.507 e. The van der Waals surface area contributed by atoms with Gasteiger partial charge < -0.3 is 5.11 Å². The number of hydrogen-bond donors (Lipinski definition) is 1. The summed E-state index contributed by atoms with van der Waals surface area (Å²) in [5, 5.41) is 11.8. The predicted molar refractivity (Wildman–Crippen MR) is 104 cm³/mol. The van der Waals surface area contributed by atoms with Gasteiger partial charge in [-0.25, -0.2) is 0 Å². The molecule has 1 heterocycles. The van der Waals surface area contributed by atoms with E-state index in [1.165, 1.54) is 5.56 Å². The maximum Gasteiger partial charge on any atom is 0.133 e. The highest BCUT2D eigenvalue weighted by Gasteiger charge is 2.25. The highest BCUT2D eigenvalue weighted by molar-refractivity contribution is 9.09. The minimum atomic E-state index is 0.00359. The van der Waals surface area contributed by atoms with Gasteiger partial charge in [0.1, 0.15) is 15.7 Å². The number of phenols is 1. The first-order chi connectivity index (χ1) is 10.9. The van der Waals surface area contributed by atoms with Crippen molar-refractivity contribution in [3.63, 3.8) is 0 Å². The monoisotopic (exact) mass is 389 g/mol. The van der Waals surface area contributed by atoms with Crippen molar-refractivity contribution in [1.29, 1.82) is 0 Å². The average Bonchev–Trinajstić information content (AvgIpc) is 2.93. The Hall–Kier alpha value is -1.26. The van der Waals surface area contributed by atoms with Gasteiger partial charge in [-0.3, -0.25) is 4.99 Å². The van der Waals surface area contributed by atoms with Gasteiger partial charge in [0.15, 0.2) is 0 Å². The first kappa shape index (κ1) is 16.6. The highest BCUT2D eigenvalue weighted by Crippen LogP contribution is 2.40. The van der Waals surface area contributed by atoms with E-state index in [0.29, 0.717) is 5.75 Å². The number of nitrogens with zero attached hydrogens (tertiary/aromatic N) is 1. The number of hydrogen-bond acceptors (Lipinski definition) is 3. The number of phenolic OH excluding ortho intramolecular Hbond substituents is 1. The molecule has 2 aromatic rings. The van der Waals surface area contributed by atoms with Gasteiger partial charge in [0, 0.05) is 16.9 Å². The Morgan fingerprint density at radius 2 is 1.78 bits per heavy atom. The first-order valence-electron chi connectivity index (χ1n) is 7.64. The van der Waals surface area contributed by atoms with E-state index in [9.17, 15) is 5.11 Å². The van der Waals surface area contributed by atoms with Crippen LogP contribution in [0.25, 0.3) is 11.1 Å². The van der Waals surface area contributed by atoms with Crippen LogP contribution >= 0.6 is 27.7 Å². The van der Waals surface area contributed by atoms with Crippen LogP contribution in [-0.4, -0.2) is 20.9 Å². The van der Waals surface area contributed by atoms with Crippen molar-refractivity contribution in [2.24, 2.45) is 4.99 Å². The number of alkyl halides is 1. The van der Waals surface area contributed by atoms with Crippen LogP contribution in [0.5, 0.6) is 5.75 Å². The molecule has 3 rings (SSSR count). The molecule has 0 amide bonds. The zero-order valence-corrected chi connectivity index (χ0v) is 15.9. The molecule has 4 heteroatoms. The zero-order chi connectivity index (χ0) is 16.6. The summed E-state index contributed by atoms with van der Waals surface area (Å²) in [4.78, 5) is 4.74. The molecule has 2 nitrogen and oxygen atoms in total. The molecule has 120 valence electrons. The van der Waals surface area contributed by atoms with E-state index in [4.69, 9.17) is 0 Å². The Bertz CT molecular complexity index is 750. The second-order valence-electron chi connectivity index (χ2n) is 6.72. The summed E-state index contributed by atoms with van der Waals surface area (Å²) in [5.74, 6) is 1.21. The lowest BCUT2D eigenvalue weighted by Crippen LogP contribution is -2.12. The Balaban J connectivity index is 2.22. The Labute approximate surface area is 150 Å². The third-order valence-electron chi connectivity index (χ3n) is 3.91. The van der Waals surface area contributed by atoms with E-state index in [1.54, 1.807) is 11.8 Å². The minimum Gasteiger partial charge on any atom is -0.507 e. The van der Waals surface area contributed by atoms with Gasteiger partial charge in [-0.1, -0.05) is 67.0 Å². The van der Waals surface area contributed by atoms with Crippen LogP contribution in [0.2, 0.25) is 0 Å². The fourth-order valence-electron chi connectivity index (χ4n) is 2.57. The standard InChI is InChI=1S/C19H20BrNOS/c1-19(2,3)13-9-14(12-7-5-4-6-8-12)17(22)15(10-13)18-21-16(20)11-23-18/h4-10,16,22H,11H2,1-3H3. The van der Waals surface area contributed by atoms with Crippen LogP contribution in [0.4, 0.5) is 0 Å². The van der Waals surface area contributed by atoms with Crippen LogP contribution in [0.3, 0.4) is 0 Å². The predicted octanol–water partition coefficient (Wildman–Crippen LogP) is 5.57. The summed E-state index contributed by atoms with van der Waals surface area (Å²) in [7, 11) is 0. The molecule has 0 spiro atoms. The third kappa shape index (κ3) is 3.48. The van der Waals surface area contributed by atoms with Crippen molar-refractivity contribution in [2.75, 3.05) is 5.75 Å². The molecule has 1 aliphatic rings. The fourth-order valence-corrected chi connectivity index (χ4v) is 4.18. The normalized spacial score (nSPS) is 18.1. The molecule has 0 bridgehead atoms. The first-order valence-corrected chi connectivity index (χ1v) is 9.54. The molecule has 23 heavy (non-hydrogen) atoms. The average molecular weight is 390 g/mol. The maximum absolute atomic E-state index is 10.9. The molecule has 1 N–H and O–H groups in total. The second kappa shape index (κ2) is 6.33. The molecular formula is C19H20BrNOS. The summed E-state index contributed by atoms with van der Waals surface area (Å²) in [5.41, 5.74) is 3.93. The summed E-state index contributed by atoms with van der Waals surface area (Å²) >= 11 is 5.22. The van der Waals surface area contributed by atoms with Crippen LogP contribution in [0, 0.1) is 0 Å². The molecule has 0 saturated heterocycles. The summed E-state index contributed by atoms with van der Waals surface area (Å²) in [6.45, 7) is 6.57. The van der Waals surface area contributed by atoms with E-state index >= 15 is 0 Å². The van der Waals surface area contributed by atoms with Gasteiger partial charge >= 0.3 is 0 Å². The van der Waals surface area contributed by atoms with Crippen molar-refractivity contribution in [3.8, 4) is 16.9 Å². The van der Waals surface area contributed by atoms with Gasteiger partial charge in [0.05, 0.1) is 0 Å². The van der Waals surface area contributed by atoms with Gasteiger partial charge in [0.25, 0.3) is 0 Å². The van der Waals surface area contributed by atoms with Crippen molar-refractivity contribution < 1.29 is 5.11 Å². The third-order valence-corrected chi connectivity index (χ3v) is 5.94. The molecule has 0 saturated carbocycles. The minimum absolute atomic E-state index is 0.00359. The molecule has 0 radical (unpaired) electrons. The molecule has 0 aliphatic carbocycles. The SMILES string of the molecule is CC(C)(C)c1cc(C2=NC(Br)CS2)c(O)c(-c2ccccc2)c1. The van der Waals surface area contributed by atoms with Gasteiger partial charge in [-0.05, 0) is 28.7 Å². The molecule has 1 atom stereocenters. The lowest BCUT2D eigenvalue weighted by molar-refractivity contribution is 0.475. The van der Waals surface area contributed by atoms with Crippen molar-refractivity contribution in [2.45, 2.75) is 31.1 Å². The van der Waals surface area contributed by atoms with E-state index in [0.717, 1.165) is 27.5 Å². The highest BCUT2D eigenvalue weighted by atomic mass is 79.9. The van der Waals surface area contributed by atoms with E-state index in [-0.39, 0.29) is 10.4 Å². The van der Waals surface area contributed by atoms with Crippen LogP contribution < -0.4 is 0 Å². The van der Waals surface area contributed by atoms with Crippen LogP contribution in [0.1, 0.15) is 31.9 Å². The molecule has 0 fully saturated rings. The zero-order valence-electron chi connectivity index (χ0n) is 13.5. The quantitative estimate of drug-likeness (QED) is 0.537. The lowest BCUT2D eigenvalue weighted by atomic mass is 9.84. The van der Waals surface area contributed by atoms with Crippen LogP contribution in [-0.2, 0) is 5.41 Å². The number of halogens is 1. The fraction of sp³-hybridized carbons (Fsp3) is 0.316. The summed E-state index contributed by atoms with van der Waals surface area (Å²) in [6.07, 6.45) is 0. The summed E-state index contributed by atoms with van der Waals surface area (Å²) < 4.78 is 0. The van der Waals surface area contributed by atoms with Crippen molar-refractivity contribution in [1.82, 2.24) is 0 Å². The van der Waals surface area contributed by atoms with Crippen molar-refractivity contribution >= 4 is 32.7 Å². The Morgan fingerprint density at radius 1 is 1.13 bits per heavy atom. The number of thioether (sulfide) groups is 1. The number of benzene rings is 2. The van der Waals surface area contributed by atoms with Gasteiger partial charge in [-0.15, -0.1) is 11.8 Å². The maximum atomic E-state index is 10.9. The van der Waals surface area contributed by atoms with E-state index in [2.05, 4.69) is 53.8 Å². The van der Waals surface area contributed by atoms with Crippen molar-refractivity contribution in [3.05, 3.63) is 53.6 Å². The van der Waals surface area contributed by atoms with E-state index < -0.39 is 0 Å². The molecular weight excluding hydrogens is 370 g/mol. The number of aliphatic imine (C=N–C) groups is 1. The Kier molecular flexibility index (Phi) is 4.56. The second-order valence-corrected chi connectivity index (χ2v) is 8.78. The number of aromatic hydroxyl groups is 1. The smallest absolute Gasteiger partial charge is 0.133 e.